The first-order valence-electron chi connectivity index (χ1n) is 7.78. The van der Waals surface area contributed by atoms with Crippen LogP contribution in [0.2, 0.25) is 0 Å². The van der Waals surface area contributed by atoms with Gasteiger partial charge < -0.3 is 5.32 Å². The smallest absolute Gasteiger partial charge is 0.0403 e. The second kappa shape index (κ2) is 6.13. The minimum absolute atomic E-state index is 0.818. The molecule has 104 valence electrons. The van der Waals surface area contributed by atoms with Crippen molar-refractivity contribution < 1.29 is 0 Å². The number of rotatable bonds is 6. The lowest BCUT2D eigenvalue weighted by Gasteiger charge is -2.14. The Hall–Kier alpha value is -1.76. The Bertz CT molecular complexity index is 569. The van der Waals surface area contributed by atoms with Gasteiger partial charge in [-0.15, -0.1) is 0 Å². The van der Waals surface area contributed by atoms with Crippen LogP contribution in [0.4, 0.5) is 5.69 Å². The average Bonchev–Trinajstić information content (AvgIpc) is 3.32. The fourth-order valence-electron chi connectivity index (χ4n) is 2.86. The first kappa shape index (κ1) is 13.2. The standard InChI is InChI=1S/C19H23N/c1-2-7-16-8-4-6-11-19(16)20-14-17-9-3-5-10-18(17)15-12-13-15/h3-6,8-11,15,20H,2,7,12-14H2,1H3. The van der Waals surface area contributed by atoms with Crippen molar-refractivity contribution in [1.82, 2.24) is 0 Å². The molecule has 0 atom stereocenters. The summed E-state index contributed by atoms with van der Waals surface area (Å²) >= 11 is 0. The molecule has 2 aromatic rings. The molecule has 0 radical (unpaired) electrons. The molecule has 0 bridgehead atoms. The van der Waals surface area contributed by atoms with Crippen LogP contribution < -0.4 is 5.32 Å². The highest BCUT2D eigenvalue weighted by molar-refractivity contribution is 5.52. The molecule has 0 unspecified atom stereocenters. The molecule has 0 spiro atoms. The molecule has 0 saturated heterocycles. The van der Waals surface area contributed by atoms with Crippen LogP contribution in [0.1, 0.15) is 48.8 Å². The summed E-state index contributed by atoms with van der Waals surface area (Å²) in [7, 11) is 0. The van der Waals surface area contributed by atoms with E-state index in [1.165, 1.54) is 36.1 Å². The lowest BCUT2D eigenvalue weighted by molar-refractivity contribution is 0.918. The second-order valence-corrected chi connectivity index (χ2v) is 5.73. The molecule has 1 heteroatoms. The van der Waals surface area contributed by atoms with Gasteiger partial charge >= 0.3 is 0 Å². The number of hydrogen-bond acceptors (Lipinski definition) is 1. The normalized spacial score (nSPS) is 14.2. The minimum Gasteiger partial charge on any atom is -0.381 e. The minimum atomic E-state index is 0.818. The molecule has 1 aliphatic rings. The van der Waals surface area contributed by atoms with Gasteiger partial charge in [0.05, 0.1) is 0 Å². The Morgan fingerprint density at radius 1 is 0.950 bits per heavy atom. The maximum atomic E-state index is 3.64. The molecule has 1 nitrogen and oxygen atoms in total. The van der Waals surface area contributed by atoms with Gasteiger partial charge in [-0.2, -0.15) is 0 Å². The van der Waals surface area contributed by atoms with Crippen LogP contribution in [0.25, 0.3) is 0 Å². The van der Waals surface area contributed by atoms with Gasteiger partial charge in [-0.1, -0.05) is 55.8 Å². The molecule has 1 aliphatic carbocycles. The van der Waals surface area contributed by atoms with Gasteiger partial charge in [-0.3, -0.25) is 0 Å². The lowest BCUT2D eigenvalue weighted by Crippen LogP contribution is -2.04. The summed E-state index contributed by atoms with van der Waals surface area (Å²) < 4.78 is 0. The van der Waals surface area contributed by atoms with E-state index in [9.17, 15) is 0 Å². The van der Waals surface area contributed by atoms with Crippen LogP contribution in [0, 0.1) is 0 Å². The zero-order valence-corrected chi connectivity index (χ0v) is 12.2. The Kier molecular flexibility index (Phi) is 4.05. The third-order valence-electron chi connectivity index (χ3n) is 4.08. The molecular weight excluding hydrogens is 242 g/mol. The molecule has 2 aromatic carbocycles. The van der Waals surface area contributed by atoms with Gasteiger partial charge in [-0.25, -0.2) is 0 Å². The zero-order chi connectivity index (χ0) is 13.8. The average molecular weight is 265 g/mol. The number of para-hydroxylation sites is 1. The number of nitrogens with one attached hydrogen (secondary N) is 1. The van der Waals surface area contributed by atoms with E-state index in [2.05, 4.69) is 60.8 Å². The quantitative estimate of drug-likeness (QED) is 0.763. The van der Waals surface area contributed by atoms with E-state index in [1.54, 1.807) is 5.56 Å². The zero-order valence-electron chi connectivity index (χ0n) is 12.2. The van der Waals surface area contributed by atoms with Gasteiger partial charge in [-0.05, 0) is 47.9 Å². The molecule has 0 aliphatic heterocycles. The maximum Gasteiger partial charge on any atom is 0.0403 e. The van der Waals surface area contributed by atoms with Crippen LogP contribution in [0.3, 0.4) is 0 Å². The van der Waals surface area contributed by atoms with E-state index in [0.29, 0.717) is 0 Å². The third kappa shape index (κ3) is 3.04. The fourth-order valence-corrected chi connectivity index (χ4v) is 2.86. The molecular formula is C19H23N. The lowest BCUT2D eigenvalue weighted by atomic mass is 10.0. The first-order chi connectivity index (χ1) is 9.88. The molecule has 1 saturated carbocycles. The Morgan fingerprint density at radius 3 is 2.40 bits per heavy atom. The second-order valence-electron chi connectivity index (χ2n) is 5.73. The van der Waals surface area contributed by atoms with Gasteiger partial charge in [0, 0.05) is 12.2 Å². The third-order valence-corrected chi connectivity index (χ3v) is 4.08. The van der Waals surface area contributed by atoms with Crippen molar-refractivity contribution in [3.05, 3.63) is 65.2 Å². The number of benzene rings is 2. The molecule has 0 amide bonds. The Labute approximate surface area is 122 Å². The summed E-state index contributed by atoms with van der Waals surface area (Å²) in [5.41, 5.74) is 5.73. The number of anilines is 1. The predicted molar refractivity (Wildman–Crippen MR) is 86.2 cm³/mol. The summed E-state index contributed by atoms with van der Waals surface area (Å²) in [6.07, 6.45) is 5.07. The molecule has 3 rings (SSSR count). The topological polar surface area (TPSA) is 12.0 Å². The van der Waals surface area contributed by atoms with E-state index >= 15 is 0 Å². The van der Waals surface area contributed by atoms with Crippen molar-refractivity contribution in [2.45, 2.75) is 45.1 Å². The van der Waals surface area contributed by atoms with Crippen molar-refractivity contribution in [2.24, 2.45) is 0 Å². The van der Waals surface area contributed by atoms with Crippen molar-refractivity contribution in [3.63, 3.8) is 0 Å². The largest absolute Gasteiger partial charge is 0.381 e. The number of hydrogen-bond donors (Lipinski definition) is 1. The van der Waals surface area contributed by atoms with Crippen LogP contribution in [-0.2, 0) is 13.0 Å². The molecule has 0 aromatic heterocycles. The van der Waals surface area contributed by atoms with Crippen LogP contribution in [-0.4, -0.2) is 0 Å². The highest BCUT2D eigenvalue weighted by atomic mass is 14.9. The highest BCUT2D eigenvalue weighted by Gasteiger charge is 2.25. The van der Waals surface area contributed by atoms with Gasteiger partial charge in [0.25, 0.3) is 0 Å². The molecule has 1 fully saturated rings. The Balaban J connectivity index is 1.73. The van der Waals surface area contributed by atoms with Crippen LogP contribution in [0.5, 0.6) is 0 Å². The summed E-state index contributed by atoms with van der Waals surface area (Å²) in [5.74, 6) is 0.818. The van der Waals surface area contributed by atoms with E-state index in [1.807, 2.05) is 0 Å². The summed E-state index contributed by atoms with van der Waals surface area (Å²) in [5, 5.41) is 3.64. The van der Waals surface area contributed by atoms with E-state index < -0.39 is 0 Å². The number of aryl methyl sites for hydroxylation is 1. The molecule has 1 N–H and O–H groups in total. The summed E-state index contributed by atoms with van der Waals surface area (Å²) in [6, 6.07) is 17.6. The van der Waals surface area contributed by atoms with Crippen LogP contribution in [0.15, 0.2) is 48.5 Å². The maximum absolute atomic E-state index is 3.64. The van der Waals surface area contributed by atoms with Crippen molar-refractivity contribution in [1.29, 1.82) is 0 Å². The van der Waals surface area contributed by atoms with E-state index in [0.717, 1.165) is 18.9 Å². The van der Waals surface area contributed by atoms with Crippen molar-refractivity contribution in [2.75, 3.05) is 5.32 Å². The Morgan fingerprint density at radius 2 is 1.65 bits per heavy atom. The van der Waals surface area contributed by atoms with Gasteiger partial charge in [0.2, 0.25) is 0 Å². The SMILES string of the molecule is CCCc1ccccc1NCc1ccccc1C1CC1. The molecule has 0 heterocycles. The van der Waals surface area contributed by atoms with Crippen molar-refractivity contribution in [3.8, 4) is 0 Å². The first-order valence-corrected chi connectivity index (χ1v) is 7.78. The van der Waals surface area contributed by atoms with Crippen molar-refractivity contribution >= 4 is 5.69 Å². The van der Waals surface area contributed by atoms with E-state index in [4.69, 9.17) is 0 Å². The van der Waals surface area contributed by atoms with Crippen LogP contribution >= 0.6 is 0 Å². The monoisotopic (exact) mass is 265 g/mol. The molecule has 20 heavy (non-hydrogen) atoms. The summed E-state index contributed by atoms with van der Waals surface area (Å²) in [4.78, 5) is 0. The van der Waals surface area contributed by atoms with E-state index in [-0.39, 0.29) is 0 Å². The van der Waals surface area contributed by atoms with Gasteiger partial charge in [0.1, 0.15) is 0 Å². The predicted octanol–water partition coefficient (Wildman–Crippen LogP) is 5.13. The highest BCUT2D eigenvalue weighted by Crippen LogP contribution is 2.41. The fraction of sp³-hybridized carbons (Fsp3) is 0.368. The van der Waals surface area contributed by atoms with Gasteiger partial charge in [0.15, 0.2) is 0 Å². The summed E-state index contributed by atoms with van der Waals surface area (Å²) in [6.45, 7) is 3.17.